The van der Waals surface area contributed by atoms with Crippen LogP contribution in [0.1, 0.15) is 11.4 Å². The Hall–Kier alpha value is -4.43. The Morgan fingerprint density at radius 3 is 2.41 bits per heavy atom. The van der Waals surface area contributed by atoms with Crippen LogP contribution in [-0.4, -0.2) is 37.3 Å². The van der Waals surface area contributed by atoms with E-state index < -0.39 is 0 Å². The van der Waals surface area contributed by atoms with Crippen LogP contribution in [-0.2, 0) is 6.54 Å². The smallest absolute Gasteiger partial charge is 0.265 e. The third-order valence-electron chi connectivity index (χ3n) is 6.62. The number of hydrogen-bond donors (Lipinski definition) is 0. The molecule has 4 heterocycles. The monoisotopic (exact) mass is 509 g/mol. The number of halogens is 1. The van der Waals surface area contributed by atoms with E-state index in [1.165, 1.54) is 0 Å². The first-order chi connectivity index (χ1) is 18.1. The number of aromatic nitrogens is 5. The predicted molar refractivity (Wildman–Crippen MR) is 142 cm³/mol. The largest absolute Gasteiger partial charge is 0.486 e. The van der Waals surface area contributed by atoms with E-state index in [0.29, 0.717) is 69.8 Å². The Morgan fingerprint density at radius 1 is 0.865 bits per heavy atom. The number of fused-ring (bicyclic) bond motifs is 5. The molecule has 0 fully saturated rings. The fraction of sp³-hybridized carbons (Fsp3) is 0.143. The number of para-hydroxylation sites is 2. The van der Waals surface area contributed by atoms with Gasteiger partial charge in [-0.05, 0) is 42.8 Å². The maximum absolute atomic E-state index is 14.0. The second kappa shape index (κ2) is 8.31. The van der Waals surface area contributed by atoms with Gasteiger partial charge in [0, 0.05) is 11.1 Å². The first kappa shape index (κ1) is 21.8. The molecule has 1 aliphatic rings. The molecular weight excluding hydrogens is 490 g/mol. The molecule has 0 saturated carbocycles. The summed E-state index contributed by atoms with van der Waals surface area (Å²) >= 11 is 6.42. The molecule has 0 spiro atoms. The molecule has 7 rings (SSSR count). The lowest BCUT2D eigenvalue weighted by molar-refractivity contribution is 0.171. The highest BCUT2D eigenvalue weighted by molar-refractivity contribution is 6.31. The van der Waals surface area contributed by atoms with Gasteiger partial charge in [0.05, 0.1) is 23.3 Å². The molecule has 182 valence electrons. The highest BCUT2D eigenvalue weighted by Gasteiger charge is 2.23. The van der Waals surface area contributed by atoms with Crippen molar-refractivity contribution in [2.45, 2.75) is 13.5 Å². The van der Waals surface area contributed by atoms with Crippen LogP contribution in [0, 0.1) is 6.92 Å². The predicted octanol–water partition coefficient (Wildman–Crippen LogP) is 5.06. The van der Waals surface area contributed by atoms with Gasteiger partial charge in [0.2, 0.25) is 0 Å². The number of nitrogens with zero attached hydrogens (tertiary/aromatic N) is 5. The lowest BCUT2D eigenvalue weighted by Gasteiger charge is -2.19. The zero-order chi connectivity index (χ0) is 25.1. The maximum atomic E-state index is 14.0. The molecule has 6 aromatic rings. The fourth-order valence-electron chi connectivity index (χ4n) is 4.83. The molecule has 9 heteroatoms. The standard InChI is InChI=1S/C28H20ClN5O3/c1-16-30-26-24(28(35)33(16)15-17-6-2-3-7-19(17)29)25-27(32-21-9-5-4-8-20(21)31-25)34(26)18-10-11-22-23(14-18)37-13-12-36-22/h2-11,14H,12-13,15H2,1H3. The van der Waals surface area contributed by atoms with Gasteiger partial charge in [-0.2, -0.15) is 0 Å². The van der Waals surface area contributed by atoms with E-state index in [1.54, 1.807) is 4.57 Å². The average Bonchev–Trinajstić information content (AvgIpc) is 3.23. The zero-order valence-corrected chi connectivity index (χ0v) is 20.6. The summed E-state index contributed by atoms with van der Waals surface area (Å²) in [5.41, 5.74) is 4.34. The van der Waals surface area contributed by atoms with Gasteiger partial charge in [0.1, 0.15) is 29.9 Å². The van der Waals surface area contributed by atoms with Gasteiger partial charge in [-0.25, -0.2) is 15.0 Å². The summed E-state index contributed by atoms with van der Waals surface area (Å²) in [6.07, 6.45) is 0. The number of benzene rings is 3. The Kier molecular flexibility index (Phi) is 4.90. The van der Waals surface area contributed by atoms with Gasteiger partial charge in [0.25, 0.3) is 5.56 Å². The highest BCUT2D eigenvalue weighted by Crippen LogP contribution is 2.35. The van der Waals surface area contributed by atoms with E-state index in [-0.39, 0.29) is 5.56 Å². The van der Waals surface area contributed by atoms with Crippen molar-refractivity contribution in [2.24, 2.45) is 0 Å². The van der Waals surface area contributed by atoms with Crippen LogP contribution in [0.4, 0.5) is 0 Å². The first-order valence-corrected chi connectivity index (χ1v) is 12.3. The van der Waals surface area contributed by atoms with E-state index in [9.17, 15) is 4.79 Å². The topological polar surface area (TPSA) is 84.1 Å². The maximum Gasteiger partial charge on any atom is 0.265 e. The molecule has 3 aromatic heterocycles. The molecule has 1 aliphatic heterocycles. The van der Waals surface area contributed by atoms with Crippen LogP contribution >= 0.6 is 11.6 Å². The van der Waals surface area contributed by atoms with Crippen molar-refractivity contribution in [1.82, 2.24) is 24.1 Å². The molecule has 0 bridgehead atoms. The Morgan fingerprint density at radius 2 is 1.59 bits per heavy atom. The summed E-state index contributed by atoms with van der Waals surface area (Å²) in [7, 11) is 0. The minimum atomic E-state index is -0.201. The van der Waals surface area contributed by atoms with E-state index in [2.05, 4.69) is 0 Å². The molecule has 0 radical (unpaired) electrons. The zero-order valence-electron chi connectivity index (χ0n) is 19.8. The molecule has 0 aliphatic carbocycles. The van der Waals surface area contributed by atoms with Gasteiger partial charge in [-0.15, -0.1) is 0 Å². The lowest BCUT2D eigenvalue weighted by Crippen LogP contribution is -2.24. The number of aryl methyl sites for hydroxylation is 1. The summed E-state index contributed by atoms with van der Waals surface area (Å²) in [5.74, 6) is 1.87. The van der Waals surface area contributed by atoms with Crippen LogP contribution in [0.5, 0.6) is 11.5 Å². The Balaban J connectivity index is 1.56. The summed E-state index contributed by atoms with van der Waals surface area (Å²) in [6.45, 7) is 3.09. The SMILES string of the molecule is Cc1nc2c(c(=O)n1Cc1ccccc1Cl)c1nc3ccccc3nc1n2-c1ccc2c(c1)OCCO2. The number of hydrogen-bond acceptors (Lipinski definition) is 6. The average molecular weight is 510 g/mol. The summed E-state index contributed by atoms with van der Waals surface area (Å²) in [6, 6.07) is 20.8. The van der Waals surface area contributed by atoms with Crippen molar-refractivity contribution < 1.29 is 9.47 Å². The van der Waals surface area contributed by atoms with E-state index in [1.807, 2.05) is 78.2 Å². The molecule has 0 atom stereocenters. The quantitative estimate of drug-likeness (QED) is 0.331. The highest BCUT2D eigenvalue weighted by atomic mass is 35.5. The lowest BCUT2D eigenvalue weighted by atomic mass is 10.2. The minimum Gasteiger partial charge on any atom is -0.486 e. The molecule has 0 amide bonds. The van der Waals surface area contributed by atoms with Crippen molar-refractivity contribution in [3.8, 4) is 17.2 Å². The van der Waals surface area contributed by atoms with E-state index >= 15 is 0 Å². The molecule has 8 nitrogen and oxygen atoms in total. The van der Waals surface area contributed by atoms with Crippen LogP contribution in [0.25, 0.3) is 38.9 Å². The van der Waals surface area contributed by atoms with Crippen LogP contribution in [0.2, 0.25) is 5.02 Å². The summed E-state index contributed by atoms with van der Waals surface area (Å²) < 4.78 is 15.0. The van der Waals surface area contributed by atoms with E-state index in [4.69, 9.17) is 36.0 Å². The molecule has 0 N–H and O–H groups in total. The second-order valence-electron chi connectivity index (χ2n) is 8.89. The number of rotatable bonds is 3. The van der Waals surface area contributed by atoms with Crippen LogP contribution in [0.15, 0.2) is 71.5 Å². The molecule has 0 unspecified atom stereocenters. The summed E-state index contributed by atoms with van der Waals surface area (Å²) in [5, 5.41) is 0.999. The third-order valence-corrected chi connectivity index (χ3v) is 6.99. The van der Waals surface area contributed by atoms with Crippen molar-refractivity contribution in [3.05, 3.63) is 93.5 Å². The van der Waals surface area contributed by atoms with Gasteiger partial charge in [-0.1, -0.05) is 41.9 Å². The van der Waals surface area contributed by atoms with Crippen LogP contribution in [0.3, 0.4) is 0 Å². The minimum absolute atomic E-state index is 0.201. The third kappa shape index (κ3) is 3.44. The molecular formula is C28H20ClN5O3. The Bertz CT molecular complexity index is 1930. The molecule has 0 saturated heterocycles. The fourth-order valence-corrected chi connectivity index (χ4v) is 5.03. The Labute approximate surface area is 215 Å². The normalized spacial score (nSPS) is 13.0. The first-order valence-electron chi connectivity index (χ1n) is 11.9. The van der Waals surface area contributed by atoms with E-state index in [0.717, 1.165) is 16.8 Å². The van der Waals surface area contributed by atoms with Crippen LogP contribution < -0.4 is 15.0 Å². The van der Waals surface area contributed by atoms with Gasteiger partial charge in [0.15, 0.2) is 22.8 Å². The second-order valence-corrected chi connectivity index (χ2v) is 9.30. The van der Waals surface area contributed by atoms with Crippen molar-refractivity contribution in [3.63, 3.8) is 0 Å². The van der Waals surface area contributed by atoms with Gasteiger partial charge < -0.3 is 9.47 Å². The van der Waals surface area contributed by atoms with Crippen molar-refractivity contribution in [2.75, 3.05) is 13.2 Å². The summed E-state index contributed by atoms with van der Waals surface area (Å²) in [4.78, 5) is 28.8. The van der Waals surface area contributed by atoms with Gasteiger partial charge >= 0.3 is 0 Å². The number of ether oxygens (including phenoxy) is 2. The van der Waals surface area contributed by atoms with Crippen molar-refractivity contribution in [1.29, 1.82) is 0 Å². The molecule has 37 heavy (non-hydrogen) atoms. The molecule has 3 aromatic carbocycles. The van der Waals surface area contributed by atoms with Crippen molar-refractivity contribution >= 4 is 44.8 Å². The van der Waals surface area contributed by atoms with Gasteiger partial charge in [-0.3, -0.25) is 13.9 Å².